The lowest BCUT2D eigenvalue weighted by Gasteiger charge is -2.18. The molecule has 0 atom stereocenters. The van der Waals surface area contributed by atoms with E-state index in [0.717, 1.165) is 40.1 Å². The number of hydrogen-bond donors (Lipinski definition) is 0. The molecule has 106 valence electrons. The monoisotopic (exact) mass is 352 g/mol. The van der Waals surface area contributed by atoms with Gasteiger partial charge in [0.15, 0.2) is 0 Å². The molecular formula is C16H18BrClN2. The van der Waals surface area contributed by atoms with Crippen molar-refractivity contribution in [1.29, 1.82) is 0 Å². The molecule has 4 rings (SSSR count). The summed E-state index contributed by atoms with van der Waals surface area (Å²) in [4.78, 5) is 4.69. The fourth-order valence-corrected chi connectivity index (χ4v) is 3.95. The highest BCUT2D eigenvalue weighted by atomic mass is 79.9. The molecule has 0 spiro atoms. The molecule has 4 heteroatoms. The number of nitrogens with zero attached hydrogens (tertiary/aromatic N) is 2. The maximum Gasteiger partial charge on any atom is 0.124 e. The molecule has 2 fully saturated rings. The minimum atomic E-state index is 0.494. The number of hydrogen-bond acceptors (Lipinski definition) is 1. The van der Waals surface area contributed by atoms with Gasteiger partial charge in [0.1, 0.15) is 5.82 Å². The van der Waals surface area contributed by atoms with Crippen LogP contribution in [0.15, 0.2) is 22.7 Å². The van der Waals surface area contributed by atoms with E-state index in [2.05, 4.69) is 38.7 Å². The van der Waals surface area contributed by atoms with Gasteiger partial charge in [0.2, 0.25) is 0 Å². The van der Waals surface area contributed by atoms with Crippen LogP contribution in [-0.2, 0) is 12.4 Å². The van der Waals surface area contributed by atoms with Gasteiger partial charge in [-0.3, -0.25) is 0 Å². The van der Waals surface area contributed by atoms with E-state index < -0.39 is 0 Å². The SMILES string of the molecule is ClCc1nc2ccc(Br)cc2n1CC(C1CC1)C1CC1. The highest BCUT2D eigenvalue weighted by Crippen LogP contribution is 2.50. The van der Waals surface area contributed by atoms with E-state index in [-0.39, 0.29) is 0 Å². The Hall–Kier alpha value is -0.540. The summed E-state index contributed by atoms with van der Waals surface area (Å²) in [5.74, 6) is 4.26. The summed E-state index contributed by atoms with van der Waals surface area (Å²) in [5.41, 5.74) is 2.29. The summed E-state index contributed by atoms with van der Waals surface area (Å²) in [7, 11) is 0. The van der Waals surface area contributed by atoms with Crippen molar-refractivity contribution in [3.8, 4) is 0 Å². The molecule has 1 heterocycles. The quantitative estimate of drug-likeness (QED) is 0.694. The second kappa shape index (κ2) is 5.03. The van der Waals surface area contributed by atoms with E-state index in [9.17, 15) is 0 Å². The Morgan fingerprint density at radius 2 is 1.95 bits per heavy atom. The lowest BCUT2D eigenvalue weighted by molar-refractivity contribution is 0.350. The number of aromatic nitrogens is 2. The van der Waals surface area contributed by atoms with E-state index in [1.54, 1.807) is 0 Å². The Bertz CT molecular complexity index is 631. The van der Waals surface area contributed by atoms with Crippen LogP contribution < -0.4 is 0 Å². The first kappa shape index (κ1) is 13.1. The number of rotatable bonds is 5. The molecule has 0 saturated heterocycles. The topological polar surface area (TPSA) is 17.8 Å². The van der Waals surface area contributed by atoms with Crippen LogP contribution in [-0.4, -0.2) is 9.55 Å². The first-order valence-corrected chi connectivity index (χ1v) is 8.79. The molecule has 0 bridgehead atoms. The third kappa shape index (κ3) is 2.39. The van der Waals surface area contributed by atoms with Gasteiger partial charge in [-0.05, 0) is 61.6 Å². The Morgan fingerprint density at radius 3 is 2.55 bits per heavy atom. The molecular weight excluding hydrogens is 336 g/mol. The van der Waals surface area contributed by atoms with Gasteiger partial charge in [-0.2, -0.15) is 0 Å². The molecule has 2 aromatic rings. The summed E-state index contributed by atoms with van der Waals surface area (Å²) in [6, 6.07) is 6.31. The predicted octanol–water partition coefficient (Wildman–Crippen LogP) is 4.97. The Morgan fingerprint density at radius 1 is 1.25 bits per heavy atom. The molecule has 0 radical (unpaired) electrons. The van der Waals surface area contributed by atoms with Gasteiger partial charge >= 0.3 is 0 Å². The van der Waals surface area contributed by atoms with Crippen molar-refractivity contribution in [2.45, 2.75) is 38.1 Å². The third-order valence-electron chi connectivity index (χ3n) is 4.76. The molecule has 1 aromatic heterocycles. The van der Waals surface area contributed by atoms with Crippen LogP contribution in [0, 0.1) is 17.8 Å². The van der Waals surface area contributed by atoms with Gasteiger partial charge in [-0.1, -0.05) is 15.9 Å². The highest BCUT2D eigenvalue weighted by Gasteiger charge is 2.41. The van der Waals surface area contributed by atoms with Crippen LogP contribution in [0.1, 0.15) is 31.5 Å². The Kier molecular flexibility index (Phi) is 3.30. The summed E-state index contributed by atoms with van der Waals surface area (Å²) in [6.07, 6.45) is 5.70. The van der Waals surface area contributed by atoms with Gasteiger partial charge in [0.25, 0.3) is 0 Å². The number of alkyl halides is 1. The lowest BCUT2D eigenvalue weighted by atomic mass is 9.98. The standard InChI is InChI=1S/C16H18BrClN2/c17-12-5-6-14-15(7-12)20(16(8-18)19-14)9-13(10-1-2-10)11-3-4-11/h5-7,10-11,13H,1-4,8-9H2. The molecule has 0 N–H and O–H groups in total. The first-order valence-electron chi connectivity index (χ1n) is 7.47. The van der Waals surface area contributed by atoms with Crippen molar-refractivity contribution < 1.29 is 0 Å². The van der Waals surface area contributed by atoms with E-state index in [0.29, 0.717) is 5.88 Å². The molecule has 2 saturated carbocycles. The Balaban J connectivity index is 1.74. The maximum absolute atomic E-state index is 6.12. The third-order valence-corrected chi connectivity index (χ3v) is 5.49. The Labute approximate surface area is 132 Å². The minimum Gasteiger partial charge on any atom is -0.327 e. The van der Waals surface area contributed by atoms with Crippen molar-refractivity contribution in [3.05, 3.63) is 28.5 Å². The molecule has 0 aliphatic heterocycles. The van der Waals surface area contributed by atoms with Gasteiger partial charge < -0.3 is 4.57 Å². The van der Waals surface area contributed by atoms with Crippen molar-refractivity contribution in [1.82, 2.24) is 9.55 Å². The number of imidazole rings is 1. The second-order valence-corrected chi connectivity index (χ2v) is 7.43. The lowest BCUT2D eigenvalue weighted by Crippen LogP contribution is -2.16. The first-order chi connectivity index (χ1) is 9.76. The molecule has 2 nitrogen and oxygen atoms in total. The van der Waals surface area contributed by atoms with Crippen LogP contribution in [0.3, 0.4) is 0 Å². The predicted molar refractivity (Wildman–Crippen MR) is 85.9 cm³/mol. The van der Waals surface area contributed by atoms with Gasteiger partial charge in [0.05, 0.1) is 16.9 Å². The van der Waals surface area contributed by atoms with E-state index >= 15 is 0 Å². The summed E-state index contributed by atoms with van der Waals surface area (Å²) in [6.45, 7) is 1.10. The normalized spacial score (nSPS) is 19.1. The number of halogens is 2. The summed E-state index contributed by atoms with van der Waals surface area (Å²) < 4.78 is 3.48. The summed E-state index contributed by atoms with van der Waals surface area (Å²) in [5, 5.41) is 0. The average Bonchev–Trinajstić information content (AvgIpc) is 3.33. The van der Waals surface area contributed by atoms with Crippen molar-refractivity contribution >= 4 is 38.6 Å². The van der Waals surface area contributed by atoms with E-state index in [1.165, 1.54) is 31.2 Å². The fourth-order valence-electron chi connectivity index (χ4n) is 3.39. The smallest absolute Gasteiger partial charge is 0.124 e. The molecule has 1 aromatic carbocycles. The zero-order chi connectivity index (χ0) is 13.7. The number of benzene rings is 1. The van der Waals surface area contributed by atoms with Crippen LogP contribution in [0.25, 0.3) is 11.0 Å². The van der Waals surface area contributed by atoms with Crippen molar-refractivity contribution in [2.24, 2.45) is 17.8 Å². The van der Waals surface area contributed by atoms with Crippen LogP contribution in [0.4, 0.5) is 0 Å². The molecule has 0 amide bonds. The molecule has 2 aliphatic carbocycles. The maximum atomic E-state index is 6.12. The molecule has 0 unspecified atom stereocenters. The number of fused-ring (bicyclic) bond motifs is 1. The van der Waals surface area contributed by atoms with Crippen molar-refractivity contribution in [3.63, 3.8) is 0 Å². The van der Waals surface area contributed by atoms with Gasteiger partial charge in [-0.25, -0.2) is 4.98 Å². The summed E-state index contributed by atoms with van der Waals surface area (Å²) >= 11 is 9.69. The average molecular weight is 354 g/mol. The van der Waals surface area contributed by atoms with Crippen molar-refractivity contribution in [2.75, 3.05) is 0 Å². The van der Waals surface area contributed by atoms with Crippen LogP contribution in [0.5, 0.6) is 0 Å². The van der Waals surface area contributed by atoms with E-state index in [1.807, 2.05) is 0 Å². The van der Waals surface area contributed by atoms with Crippen LogP contribution >= 0.6 is 27.5 Å². The second-order valence-electron chi connectivity index (χ2n) is 6.24. The van der Waals surface area contributed by atoms with Crippen LogP contribution in [0.2, 0.25) is 0 Å². The van der Waals surface area contributed by atoms with Gasteiger partial charge in [0, 0.05) is 11.0 Å². The molecule has 20 heavy (non-hydrogen) atoms. The minimum absolute atomic E-state index is 0.494. The van der Waals surface area contributed by atoms with E-state index in [4.69, 9.17) is 16.6 Å². The zero-order valence-corrected chi connectivity index (χ0v) is 13.7. The van der Waals surface area contributed by atoms with Gasteiger partial charge in [-0.15, -0.1) is 11.6 Å². The molecule has 2 aliphatic rings. The highest BCUT2D eigenvalue weighted by molar-refractivity contribution is 9.10. The fraction of sp³-hybridized carbons (Fsp3) is 0.562. The zero-order valence-electron chi connectivity index (χ0n) is 11.4. The largest absolute Gasteiger partial charge is 0.327 e.